The highest BCUT2D eigenvalue weighted by molar-refractivity contribution is 7.12. The number of nitrogens with one attached hydrogen (secondary N) is 1. The van der Waals surface area contributed by atoms with E-state index >= 15 is 4.79 Å². The van der Waals surface area contributed by atoms with Gasteiger partial charge < -0.3 is 15.0 Å². The number of rotatable bonds is 7. The van der Waals surface area contributed by atoms with Gasteiger partial charge in [-0.3, -0.25) is 14.4 Å². The summed E-state index contributed by atoms with van der Waals surface area (Å²) < 4.78 is 5.91. The van der Waals surface area contributed by atoms with Crippen molar-refractivity contribution in [2.24, 2.45) is 5.92 Å². The number of anilines is 1. The van der Waals surface area contributed by atoms with Crippen molar-refractivity contribution in [2.75, 3.05) is 11.9 Å². The van der Waals surface area contributed by atoms with Gasteiger partial charge in [0.15, 0.2) is 11.6 Å². The molecule has 202 valence electrons. The van der Waals surface area contributed by atoms with Gasteiger partial charge in [-0.25, -0.2) is 0 Å². The minimum absolute atomic E-state index is 0.189. The molecule has 0 radical (unpaired) electrons. The first-order valence-corrected chi connectivity index (χ1v) is 14.4. The molecule has 1 fully saturated rings. The number of carbonyl (C=O) groups is 3. The molecular formula is C34H26N2O4S. The van der Waals surface area contributed by atoms with E-state index in [9.17, 15) is 9.59 Å². The largest absolute Gasteiger partial charge is 0.489 e. The van der Waals surface area contributed by atoms with Crippen LogP contribution in [0.1, 0.15) is 42.8 Å². The van der Waals surface area contributed by atoms with Crippen LogP contribution in [0.15, 0.2) is 109 Å². The fraction of sp³-hybridized carbons (Fsp3) is 0.147. The van der Waals surface area contributed by atoms with E-state index in [0.29, 0.717) is 21.9 Å². The van der Waals surface area contributed by atoms with Crippen molar-refractivity contribution < 1.29 is 19.1 Å². The molecule has 4 unspecified atom stereocenters. The van der Waals surface area contributed by atoms with Crippen LogP contribution >= 0.6 is 11.3 Å². The maximum Gasteiger partial charge on any atom is 0.238 e. The molecule has 3 aliphatic rings. The minimum atomic E-state index is -1.38. The Labute approximate surface area is 241 Å². The molecule has 7 heteroatoms. The van der Waals surface area contributed by atoms with Gasteiger partial charge in [-0.05, 0) is 52.4 Å². The first-order valence-electron chi connectivity index (χ1n) is 13.5. The molecule has 0 saturated carbocycles. The number of fused-ring (bicyclic) bond motifs is 6. The zero-order valence-corrected chi connectivity index (χ0v) is 22.8. The summed E-state index contributed by atoms with van der Waals surface area (Å²) in [5, 5.41) is 4.93. The molecule has 1 saturated heterocycles. The topological polar surface area (TPSA) is 75.7 Å². The molecule has 1 aromatic heterocycles. The van der Waals surface area contributed by atoms with Crippen molar-refractivity contribution in [1.29, 1.82) is 0 Å². The molecule has 1 N–H and O–H groups in total. The van der Waals surface area contributed by atoms with Gasteiger partial charge in [0.25, 0.3) is 0 Å². The molecule has 0 aliphatic carbocycles. The van der Waals surface area contributed by atoms with Crippen molar-refractivity contribution in [3.63, 3.8) is 0 Å². The Morgan fingerprint density at radius 3 is 2.59 bits per heavy atom. The van der Waals surface area contributed by atoms with Crippen molar-refractivity contribution >= 4 is 40.6 Å². The summed E-state index contributed by atoms with van der Waals surface area (Å²) in [6.45, 7) is 3.95. The molecule has 41 heavy (non-hydrogen) atoms. The Hall–Kier alpha value is -4.75. The van der Waals surface area contributed by atoms with Crippen molar-refractivity contribution in [2.45, 2.75) is 17.5 Å². The molecule has 1 amide bonds. The maximum atomic E-state index is 15.0. The van der Waals surface area contributed by atoms with Crippen LogP contribution in [0.4, 0.5) is 5.69 Å². The van der Waals surface area contributed by atoms with Gasteiger partial charge >= 0.3 is 0 Å². The molecule has 4 atom stereocenters. The van der Waals surface area contributed by atoms with Crippen molar-refractivity contribution in [3.8, 4) is 5.75 Å². The van der Waals surface area contributed by atoms with Crippen LogP contribution in [0.2, 0.25) is 0 Å². The molecule has 7 rings (SSSR count). The number of thiophene rings is 1. The van der Waals surface area contributed by atoms with E-state index in [2.05, 4.69) is 11.9 Å². The van der Waals surface area contributed by atoms with Gasteiger partial charge in [-0.2, -0.15) is 0 Å². The van der Waals surface area contributed by atoms with Gasteiger partial charge in [0, 0.05) is 11.9 Å². The summed E-state index contributed by atoms with van der Waals surface area (Å²) in [7, 11) is 0. The maximum absolute atomic E-state index is 15.0. The predicted octanol–water partition coefficient (Wildman–Crippen LogP) is 6.29. The number of carbonyl (C=O) groups excluding carboxylic acids is 3. The zero-order valence-electron chi connectivity index (χ0n) is 22.0. The van der Waals surface area contributed by atoms with Gasteiger partial charge in [0.2, 0.25) is 5.91 Å². The van der Waals surface area contributed by atoms with Gasteiger partial charge in [0.1, 0.15) is 23.8 Å². The van der Waals surface area contributed by atoms with Crippen LogP contribution in [0.5, 0.6) is 5.75 Å². The van der Waals surface area contributed by atoms with Gasteiger partial charge in [-0.15, -0.1) is 11.3 Å². The van der Waals surface area contributed by atoms with E-state index < -0.39 is 23.4 Å². The van der Waals surface area contributed by atoms with Crippen LogP contribution in [0.25, 0.3) is 6.08 Å². The van der Waals surface area contributed by atoms with E-state index in [1.54, 1.807) is 36.4 Å². The standard InChI is InChI=1S/C34H26N2O4S/c1-2-19-40-26-15-8-5-12-23(26)30(37)28-29(31(38)27-16-9-20-41-27)36-18-17-21-10-3-4-11-22(21)32(36)34(28)24-13-6-7-14-25(24)35-33(34)39/h2-18,20,28-29,32H,1,19H2,(H,35,39). The van der Waals surface area contributed by atoms with Crippen molar-refractivity contribution in [1.82, 2.24) is 4.90 Å². The Morgan fingerprint density at radius 1 is 0.976 bits per heavy atom. The molecular weight excluding hydrogens is 532 g/mol. The third-order valence-electron chi connectivity index (χ3n) is 8.39. The Bertz CT molecular complexity index is 1740. The average Bonchev–Trinajstić information content (AvgIpc) is 3.72. The Balaban J connectivity index is 1.53. The molecule has 1 spiro atoms. The number of nitrogens with zero attached hydrogens (tertiary/aromatic N) is 1. The van der Waals surface area contributed by atoms with Crippen LogP contribution < -0.4 is 10.1 Å². The highest BCUT2D eigenvalue weighted by atomic mass is 32.1. The summed E-state index contributed by atoms with van der Waals surface area (Å²) >= 11 is 1.34. The van der Waals surface area contributed by atoms with E-state index in [0.717, 1.165) is 16.7 Å². The number of amides is 1. The normalized spacial score (nSPS) is 23.5. The smallest absolute Gasteiger partial charge is 0.238 e. The molecule has 3 aromatic carbocycles. The molecule has 3 aliphatic heterocycles. The number of hydrogen-bond donors (Lipinski definition) is 1. The molecule has 6 nitrogen and oxygen atoms in total. The lowest BCUT2D eigenvalue weighted by Crippen LogP contribution is -2.49. The van der Waals surface area contributed by atoms with Gasteiger partial charge in [0.05, 0.1) is 22.4 Å². The first-order chi connectivity index (χ1) is 20.1. The first kappa shape index (κ1) is 25.2. The summed E-state index contributed by atoms with van der Waals surface area (Å²) in [6.07, 6.45) is 5.46. The highest BCUT2D eigenvalue weighted by Gasteiger charge is 2.71. The lowest BCUT2D eigenvalue weighted by Gasteiger charge is -2.38. The number of para-hydroxylation sites is 2. The number of Topliss-reactive ketones (excluding diaryl/α,β-unsaturated/α-hetero) is 2. The fourth-order valence-electron chi connectivity index (χ4n) is 6.84. The zero-order chi connectivity index (χ0) is 28.1. The third-order valence-corrected chi connectivity index (χ3v) is 9.28. The van der Waals surface area contributed by atoms with E-state index in [4.69, 9.17) is 4.74 Å². The number of ketones is 2. The lowest BCUT2D eigenvalue weighted by atomic mass is 9.62. The van der Waals surface area contributed by atoms with E-state index in [-0.39, 0.29) is 24.1 Å². The summed E-state index contributed by atoms with van der Waals surface area (Å²) in [4.78, 5) is 46.4. The number of hydrogen-bond acceptors (Lipinski definition) is 6. The average molecular weight is 559 g/mol. The quantitative estimate of drug-likeness (QED) is 0.213. The van der Waals surface area contributed by atoms with Crippen LogP contribution in [-0.4, -0.2) is 35.0 Å². The second kappa shape index (κ2) is 9.71. The molecule has 4 heterocycles. The van der Waals surface area contributed by atoms with E-state index in [1.165, 1.54) is 11.3 Å². The second-order valence-electron chi connectivity index (χ2n) is 10.4. The molecule has 4 aromatic rings. The van der Waals surface area contributed by atoms with Crippen LogP contribution in [0.3, 0.4) is 0 Å². The lowest BCUT2D eigenvalue weighted by molar-refractivity contribution is -0.122. The van der Waals surface area contributed by atoms with Gasteiger partial charge in [-0.1, -0.05) is 73.3 Å². The number of benzene rings is 3. The monoisotopic (exact) mass is 558 g/mol. The Kier molecular flexibility index (Phi) is 5.98. The van der Waals surface area contributed by atoms with Crippen LogP contribution in [0, 0.1) is 5.92 Å². The SMILES string of the molecule is C=CCOc1ccccc1C(=O)C1C(C(=O)c2cccs2)N2C=Cc3ccccc3C2C12C(=O)Nc1ccccc12. The highest BCUT2D eigenvalue weighted by Crippen LogP contribution is 2.62. The minimum Gasteiger partial charge on any atom is -0.489 e. The third kappa shape index (κ3) is 3.59. The number of ether oxygens (including phenoxy) is 1. The van der Waals surface area contributed by atoms with Crippen molar-refractivity contribution in [3.05, 3.63) is 136 Å². The summed E-state index contributed by atoms with van der Waals surface area (Å²) in [5.41, 5.74) is 2.18. The van der Waals surface area contributed by atoms with E-state index in [1.807, 2.05) is 77.2 Å². The second-order valence-corrected chi connectivity index (χ2v) is 11.3. The fourth-order valence-corrected chi connectivity index (χ4v) is 7.54. The molecule has 0 bridgehead atoms. The van der Waals surface area contributed by atoms with Crippen LogP contribution in [-0.2, 0) is 10.2 Å². The summed E-state index contributed by atoms with van der Waals surface area (Å²) in [5.74, 6) is -1.45. The Morgan fingerprint density at radius 2 is 1.76 bits per heavy atom. The predicted molar refractivity (Wildman–Crippen MR) is 159 cm³/mol. The summed E-state index contributed by atoms with van der Waals surface area (Å²) in [6, 6.07) is 24.5.